The third kappa shape index (κ3) is 3.86. The molecule has 7 heteroatoms. The van der Waals surface area contributed by atoms with Crippen molar-refractivity contribution in [2.75, 3.05) is 11.9 Å². The molecule has 0 unspecified atom stereocenters. The Labute approximate surface area is 137 Å². The fourth-order valence-corrected chi connectivity index (χ4v) is 2.99. The quantitative estimate of drug-likeness (QED) is 0.851. The highest BCUT2D eigenvalue weighted by Gasteiger charge is 2.20. The van der Waals surface area contributed by atoms with Crippen LogP contribution in [0.1, 0.15) is 34.8 Å². The molecule has 1 aliphatic rings. The van der Waals surface area contributed by atoms with E-state index >= 15 is 0 Å². The molecule has 122 valence electrons. The van der Waals surface area contributed by atoms with E-state index in [2.05, 4.69) is 10.3 Å². The second-order valence-corrected chi connectivity index (χ2v) is 6.38. The number of halogens is 1. The molecule has 1 amide bonds. The smallest absolute Gasteiger partial charge is 0.275 e. The first kappa shape index (κ1) is 15.9. The number of nitrogens with one attached hydrogen (secondary N) is 1. The second kappa shape index (κ2) is 7.06. The van der Waals surface area contributed by atoms with Gasteiger partial charge in [0.05, 0.1) is 11.1 Å². The van der Waals surface area contributed by atoms with Crippen LogP contribution in [0.15, 0.2) is 23.6 Å². The number of thiazole rings is 1. The van der Waals surface area contributed by atoms with Crippen molar-refractivity contribution in [3.8, 4) is 5.75 Å². The normalized spacial score (nSPS) is 14.3. The van der Waals surface area contributed by atoms with Gasteiger partial charge in [-0.05, 0) is 37.9 Å². The lowest BCUT2D eigenvalue weighted by atomic mass is 9.96. The van der Waals surface area contributed by atoms with E-state index < -0.39 is 5.82 Å². The van der Waals surface area contributed by atoms with Crippen molar-refractivity contribution in [3.63, 3.8) is 0 Å². The molecule has 1 aliphatic carbocycles. The van der Waals surface area contributed by atoms with Gasteiger partial charge >= 0.3 is 0 Å². The van der Waals surface area contributed by atoms with Gasteiger partial charge in [0.2, 0.25) is 0 Å². The van der Waals surface area contributed by atoms with Gasteiger partial charge in [0.15, 0.2) is 11.6 Å². The SMILES string of the molecule is NCCc1nc(C(=O)Nc2ccc(OC3CCC3)c(F)c2)cs1. The highest BCUT2D eigenvalue weighted by Crippen LogP contribution is 2.28. The Bertz CT molecular complexity index is 700. The lowest BCUT2D eigenvalue weighted by Crippen LogP contribution is -2.25. The predicted octanol–water partition coefficient (Wildman–Crippen LogP) is 2.97. The number of hydrogen-bond donors (Lipinski definition) is 2. The summed E-state index contributed by atoms with van der Waals surface area (Å²) in [6.07, 6.45) is 3.81. The average Bonchev–Trinajstić information content (AvgIpc) is 2.94. The van der Waals surface area contributed by atoms with Crippen LogP contribution in [0, 0.1) is 5.82 Å². The number of ether oxygens (including phenoxy) is 1. The number of nitrogens with two attached hydrogens (primary N) is 1. The fraction of sp³-hybridized carbons (Fsp3) is 0.375. The highest BCUT2D eigenvalue weighted by atomic mass is 32.1. The van der Waals surface area contributed by atoms with Crippen LogP contribution in [0.4, 0.5) is 10.1 Å². The van der Waals surface area contributed by atoms with Gasteiger partial charge in [0.25, 0.3) is 5.91 Å². The third-order valence-electron chi connectivity index (χ3n) is 3.68. The van der Waals surface area contributed by atoms with E-state index in [1.807, 2.05) is 0 Å². The van der Waals surface area contributed by atoms with Gasteiger partial charge in [-0.15, -0.1) is 11.3 Å². The second-order valence-electron chi connectivity index (χ2n) is 5.44. The molecule has 3 N–H and O–H groups in total. The van der Waals surface area contributed by atoms with Crippen molar-refractivity contribution in [1.29, 1.82) is 0 Å². The standard InChI is InChI=1S/C16H18FN3O2S/c17-12-8-10(4-5-14(12)22-11-2-1-3-11)19-16(21)13-9-23-15(20-13)6-7-18/h4-5,8-9,11H,1-3,6-7,18H2,(H,19,21). The Hall–Kier alpha value is -1.99. The maximum absolute atomic E-state index is 14.0. The molecular formula is C16H18FN3O2S. The topological polar surface area (TPSA) is 77.2 Å². The summed E-state index contributed by atoms with van der Waals surface area (Å²) in [7, 11) is 0. The van der Waals surface area contributed by atoms with Crippen LogP contribution in [0.5, 0.6) is 5.75 Å². The molecule has 0 atom stereocenters. The van der Waals surface area contributed by atoms with Crippen molar-refractivity contribution >= 4 is 22.9 Å². The molecule has 0 bridgehead atoms. The number of aromatic nitrogens is 1. The predicted molar refractivity (Wildman–Crippen MR) is 87.5 cm³/mol. The van der Waals surface area contributed by atoms with Crippen LogP contribution >= 0.6 is 11.3 Å². The van der Waals surface area contributed by atoms with Crippen molar-refractivity contribution in [2.45, 2.75) is 31.8 Å². The molecule has 3 rings (SSSR count). The molecule has 0 radical (unpaired) electrons. The molecule has 1 heterocycles. The molecule has 0 spiro atoms. The first-order valence-electron chi connectivity index (χ1n) is 7.57. The van der Waals surface area contributed by atoms with Crippen LogP contribution < -0.4 is 15.8 Å². The molecule has 2 aromatic rings. The van der Waals surface area contributed by atoms with Crippen molar-refractivity contribution in [3.05, 3.63) is 40.1 Å². The minimum atomic E-state index is -0.475. The third-order valence-corrected chi connectivity index (χ3v) is 4.59. The number of anilines is 1. The van der Waals surface area contributed by atoms with Crippen LogP contribution in [0.3, 0.4) is 0 Å². The fourth-order valence-electron chi connectivity index (χ4n) is 2.19. The van der Waals surface area contributed by atoms with Crippen LogP contribution in [-0.2, 0) is 6.42 Å². The first-order valence-corrected chi connectivity index (χ1v) is 8.45. The van der Waals surface area contributed by atoms with Crippen molar-refractivity contribution in [1.82, 2.24) is 4.98 Å². The van der Waals surface area contributed by atoms with E-state index in [0.29, 0.717) is 24.3 Å². The highest BCUT2D eigenvalue weighted by molar-refractivity contribution is 7.09. The molecule has 0 saturated heterocycles. The number of carbonyl (C=O) groups excluding carboxylic acids is 1. The maximum atomic E-state index is 14.0. The van der Waals surface area contributed by atoms with Crippen LogP contribution in [0.2, 0.25) is 0 Å². The number of rotatable bonds is 6. The summed E-state index contributed by atoms with van der Waals surface area (Å²) < 4.78 is 19.6. The summed E-state index contributed by atoms with van der Waals surface area (Å²) in [4.78, 5) is 16.3. The minimum absolute atomic E-state index is 0.112. The van der Waals surface area contributed by atoms with E-state index in [0.717, 1.165) is 24.3 Å². The summed E-state index contributed by atoms with van der Waals surface area (Å²) in [6.45, 7) is 0.488. The Balaban J connectivity index is 1.64. The Morgan fingerprint density at radius 1 is 1.48 bits per heavy atom. The number of amides is 1. The van der Waals surface area contributed by atoms with Crippen LogP contribution in [-0.4, -0.2) is 23.5 Å². The molecule has 1 fully saturated rings. The zero-order valence-electron chi connectivity index (χ0n) is 12.5. The minimum Gasteiger partial charge on any atom is -0.487 e. The maximum Gasteiger partial charge on any atom is 0.275 e. The summed E-state index contributed by atoms with van der Waals surface area (Å²) in [5, 5.41) is 5.13. The monoisotopic (exact) mass is 335 g/mol. The number of benzene rings is 1. The lowest BCUT2D eigenvalue weighted by Gasteiger charge is -2.26. The van der Waals surface area contributed by atoms with E-state index in [1.165, 1.54) is 17.4 Å². The molecule has 1 saturated carbocycles. The van der Waals surface area contributed by atoms with E-state index in [1.54, 1.807) is 17.5 Å². The Morgan fingerprint density at radius 2 is 2.30 bits per heavy atom. The van der Waals surface area contributed by atoms with E-state index in [9.17, 15) is 9.18 Å². The Morgan fingerprint density at radius 3 is 2.96 bits per heavy atom. The zero-order valence-corrected chi connectivity index (χ0v) is 13.4. The average molecular weight is 335 g/mol. The molecule has 5 nitrogen and oxygen atoms in total. The van der Waals surface area contributed by atoms with Crippen molar-refractivity contribution < 1.29 is 13.9 Å². The summed E-state index contributed by atoms with van der Waals surface area (Å²) in [6, 6.07) is 4.44. The molecule has 1 aromatic carbocycles. The number of hydrogen-bond acceptors (Lipinski definition) is 5. The summed E-state index contributed by atoms with van der Waals surface area (Å²) >= 11 is 1.39. The zero-order chi connectivity index (χ0) is 16.2. The van der Waals surface area contributed by atoms with Gasteiger partial charge in [0.1, 0.15) is 5.69 Å². The molecule has 23 heavy (non-hydrogen) atoms. The van der Waals surface area contributed by atoms with E-state index in [-0.39, 0.29) is 17.8 Å². The molecular weight excluding hydrogens is 317 g/mol. The van der Waals surface area contributed by atoms with Gasteiger partial charge in [-0.2, -0.15) is 0 Å². The van der Waals surface area contributed by atoms with Gasteiger partial charge in [0, 0.05) is 23.6 Å². The summed E-state index contributed by atoms with van der Waals surface area (Å²) in [5.74, 6) is -0.611. The van der Waals surface area contributed by atoms with Gasteiger partial charge in [-0.25, -0.2) is 9.37 Å². The lowest BCUT2D eigenvalue weighted by molar-refractivity contribution is 0.102. The summed E-state index contributed by atoms with van der Waals surface area (Å²) in [5.41, 5.74) is 6.15. The number of nitrogens with zero attached hydrogens (tertiary/aromatic N) is 1. The first-order chi connectivity index (χ1) is 11.2. The molecule has 0 aliphatic heterocycles. The van der Waals surface area contributed by atoms with Gasteiger partial charge in [-0.3, -0.25) is 4.79 Å². The van der Waals surface area contributed by atoms with Crippen molar-refractivity contribution in [2.24, 2.45) is 5.73 Å². The largest absolute Gasteiger partial charge is 0.487 e. The van der Waals surface area contributed by atoms with Crippen LogP contribution in [0.25, 0.3) is 0 Å². The van der Waals surface area contributed by atoms with Gasteiger partial charge in [-0.1, -0.05) is 0 Å². The Kier molecular flexibility index (Phi) is 4.88. The van der Waals surface area contributed by atoms with E-state index in [4.69, 9.17) is 10.5 Å². The number of carbonyl (C=O) groups is 1. The van der Waals surface area contributed by atoms with Gasteiger partial charge < -0.3 is 15.8 Å². The molecule has 1 aromatic heterocycles.